The first kappa shape index (κ1) is 13.0. The lowest BCUT2D eigenvalue weighted by Crippen LogP contribution is -2.25. The average Bonchev–Trinajstić information content (AvgIpc) is 2.85. The van der Waals surface area contributed by atoms with E-state index in [0.29, 0.717) is 19.5 Å². The molecule has 0 bridgehead atoms. The summed E-state index contributed by atoms with van der Waals surface area (Å²) in [4.78, 5) is 16.7. The van der Waals surface area contributed by atoms with Crippen LogP contribution in [0.5, 0.6) is 0 Å². The number of azide groups is 1. The van der Waals surface area contributed by atoms with Crippen molar-refractivity contribution in [2.75, 3.05) is 18.0 Å². The minimum Gasteiger partial charge on any atom is -0.312 e. The molecule has 20 heavy (non-hydrogen) atoms. The summed E-state index contributed by atoms with van der Waals surface area (Å²) in [7, 11) is 0. The molecule has 2 aliphatic rings. The van der Waals surface area contributed by atoms with Crippen LogP contribution in [0.1, 0.15) is 30.4 Å². The van der Waals surface area contributed by atoms with E-state index in [1.807, 2.05) is 4.90 Å². The zero-order valence-corrected chi connectivity index (χ0v) is 11.5. The summed E-state index contributed by atoms with van der Waals surface area (Å²) in [5.41, 5.74) is 12.2. The summed E-state index contributed by atoms with van der Waals surface area (Å²) in [5, 5.41) is 3.59. The summed E-state index contributed by atoms with van der Waals surface area (Å²) in [5.74, 6) is 0.285. The zero-order chi connectivity index (χ0) is 13.9. The van der Waals surface area contributed by atoms with Gasteiger partial charge in [-0.1, -0.05) is 11.2 Å². The molecule has 1 amide bonds. The van der Waals surface area contributed by atoms with Gasteiger partial charge in [0.05, 0.1) is 0 Å². The number of carbonyl (C=O) groups excluding carboxylic acids is 1. The Balaban J connectivity index is 1.79. The van der Waals surface area contributed by atoms with Gasteiger partial charge >= 0.3 is 0 Å². The molecular formula is C15H18N4O. The van der Waals surface area contributed by atoms with Crippen LogP contribution in [0.15, 0.2) is 23.3 Å². The molecule has 1 aromatic carbocycles. The molecule has 5 heteroatoms. The highest BCUT2D eigenvalue weighted by Crippen LogP contribution is 2.30. The molecule has 0 N–H and O–H groups in total. The Kier molecular flexibility index (Phi) is 3.61. The van der Waals surface area contributed by atoms with Crippen molar-refractivity contribution in [1.29, 1.82) is 0 Å². The van der Waals surface area contributed by atoms with Crippen molar-refractivity contribution in [1.82, 2.24) is 0 Å². The third-order valence-electron chi connectivity index (χ3n) is 4.25. The van der Waals surface area contributed by atoms with Crippen LogP contribution in [0.3, 0.4) is 0 Å². The van der Waals surface area contributed by atoms with Gasteiger partial charge in [-0.15, -0.1) is 0 Å². The van der Waals surface area contributed by atoms with Crippen LogP contribution in [0.25, 0.3) is 10.4 Å². The third kappa shape index (κ3) is 2.49. The molecule has 0 radical (unpaired) electrons. The number of benzene rings is 1. The molecule has 1 aliphatic heterocycles. The second-order valence-corrected chi connectivity index (χ2v) is 5.65. The minimum atomic E-state index is 0.138. The lowest BCUT2D eigenvalue weighted by molar-refractivity contribution is -0.117. The van der Waals surface area contributed by atoms with E-state index >= 15 is 0 Å². The smallest absolute Gasteiger partial charge is 0.227 e. The predicted molar refractivity (Wildman–Crippen MR) is 77.6 cm³/mol. The van der Waals surface area contributed by atoms with Crippen molar-refractivity contribution in [2.24, 2.45) is 11.0 Å². The van der Waals surface area contributed by atoms with Crippen molar-refractivity contribution in [3.05, 3.63) is 39.8 Å². The molecule has 1 aromatic rings. The van der Waals surface area contributed by atoms with Crippen molar-refractivity contribution in [2.45, 2.75) is 32.1 Å². The van der Waals surface area contributed by atoms with E-state index < -0.39 is 0 Å². The monoisotopic (exact) mass is 270 g/mol. The fourth-order valence-electron chi connectivity index (χ4n) is 3.19. The zero-order valence-electron chi connectivity index (χ0n) is 11.5. The van der Waals surface area contributed by atoms with E-state index in [9.17, 15) is 4.79 Å². The van der Waals surface area contributed by atoms with Gasteiger partial charge in [0.2, 0.25) is 5.91 Å². The number of fused-ring (bicyclic) bond motifs is 1. The lowest BCUT2D eigenvalue weighted by Gasteiger charge is -2.21. The maximum absolute atomic E-state index is 12.1. The van der Waals surface area contributed by atoms with E-state index in [4.69, 9.17) is 5.53 Å². The van der Waals surface area contributed by atoms with Gasteiger partial charge in [-0.2, -0.15) is 0 Å². The number of hydrogen-bond donors (Lipinski definition) is 0. The number of hydrogen-bond acceptors (Lipinski definition) is 2. The quantitative estimate of drug-likeness (QED) is 0.472. The topological polar surface area (TPSA) is 69.1 Å². The Morgan fingerprint density at radius 1 is 1.30 bits per heavy atom. The van der Waals surface area contributed by atoms with Gasteiger partial charge in [0.15, 0.2) is 0 Å². The fraction of sp³-hybridized carbons (Fsp3) is 0.533. The van der Waals surface area contributed by atoms with Crippen LogP contribution in [-0.4, -0.2) is 19.0 Å². The number of aryl methyl sites for hydroxylation is 2. The molecule has 0 saturated carbocycles. The van der Waals surface area contributed by atoms with E-state index in [1.165, 1.54) is 24.0 Å². The van der Waals surface area contributed by atoms with Gasteiger partial charge in [0.1, 0.15) is 0 Å². The van der Waals surface area contributed by atoms with Crippen LogP contribution in [0.4, 0.5) is 5.69 Å². The lowest BCUT2D eigenvalue weighted by atomic mass is 9.91. The SMILES string of the molecule is [N-]=[N+]=NCC1CC(=O)N(c2ccc3c(c2)CCCC3)C1. The van der Waals surface area contributed by atoms with E-state index in [2.05, 4.69) is 28.2 Å². The van der Waals surface area contributed by atoms with Gasteiger partial charge in [-0.05, 0) is 60.4 Å². The van der Waals surface area contributed by atoms with Crippen molar-refractivity contribution in [3.63, 3.8) is 0 Å². The van der Waals surface area contributed by atoms with Gasteiger partial charge in [0, 0.05) is 30.1 Å². The first-order chi connectivity index (χ1) is 9.78. The summed E-state index contributed by atoms with van der Waals surface area (Å²) < 4.78 is 0. The summed E-state index contributed by atoms with van der Waals surface area (Å²) in [6, 6.07) is 6.39. The summed E-state index contributed by atoms with van der Waals surface area (Å²) in [6.07, 6.45) is 5.26. The molecule has 1 atom stereocenters. The molecule has 3 rings (SSSR count). The van der Waals surface area contributed by atoms with Gasteiger partial charge < -0.3 is 4.90 Å². The standard InChI is InChI=1S/C15H18N4O/c16-18-17-9-11-7-15(20)19(10-11)14-6-5-12-3-1-2-4-13(12)8-14/h5-6,8,11H,1-4,7,9-10H2. The summed E-state index contributed by atoms with van der Waals surface area (Å²) >= 11 is 0. The van der Waals surface area contributed by atoms with Gasteiger partial charge in [-0.3, -0.25) is 4.79 Å². The molecule has 0 spiro atoms. The van der Waals surface area contributed by atoms with Crippen LogP contribution < -0.4 is 4.90 Å². The normalized spacial score (nSPS) is 21.5. The first-order valence-corrected chi connectivity index (χ1v) is 7.21. The highest BCUT2D eigenvalue weighted by Gasteiger charge is 2.30. The molecule has 1 aliphatic carbocycles. The van der Waals surface area contributed by atoms with E-state index in [-0.39, 0.29) is 11.8 Å². The maximum atomic E-state index is 12.1. The maximum Gasteiger partial charge on any atom is 0.227 e. The van der Waals surface area contributed by atoms with E-state index in [1.54, 1.807) is 0 Å². The number of anilines is 1. The van der Waals surface area contributed by atoms with Crippen LogP contribution in [-0.2, 0) is 17.6 Å². The van der Waals surface area contributed by atoms with Crippen LogP contribution >= 0.6 is 0 Å². The molecule has 1 unspecified atom stereocenters. The Labute approximate surface area is 118 Å². The second kappa shape index (κ2) is 5.55. The number of nitrogens with zero attached hydrogens (tertiary/aromatic N) is 4. The summed E-state index contributed by atoms with van der Waals surface area (Å²) in [6.45, 7) is 1.07. The third-order valence-corrected chi connectivity index (χ3v) is 4.25. The minimum absolute atomic E-state index is 0.138. The van der Waals surface area contributed by atoms with E-state index in [0.717, 1.165) is 18.5 Å². The molecule has 5 nitrogen and oxygen atoms in total. The molecule has 0 aromatic heterocycles. The number of carbonyl (C=O) groups is 1. The van der Waals surface area contributed by atoms with Crippen LogP contribution in [0, 0.1) is 5.92 Å². The van der Waals surface area contributed by atoms with Crippen molar-refractivity contribution >= 4 is 11.6 Å². The number of amides is 1. The fourth-order valence-corrected chi connectivity index (χ4v) is 3.19. The highest BCUT2D eigenvalue weighted by molar-refractivity contribution is 5.95. The van der Waals surface area contributed by atoms with Gasteiger partial charge in [-0.25, -0.2) is 0 Å². The van der Waals surface area contributed by atoms with Crippen LogP contribution in [0.2, 0.25) is 0 Å². The first-order valence-electron chi connectivity index (χ1n) is 7.21. The Bertz CT molecular complexity index is 577. The second-order valence-electron chi connectivity index (χ2n) is 5.65. The molecule has 1 saturated heterocycles. The Hall–Kier alpha value is -2.00. The highest BCUT2D eigenvalue weighted by atomic mass is 16.2. The molecule has 1 heterocycles. The Morgan fingerprint density at radius 3 is 2.90 bits per heavy atom. The van der Waals surface area contributed by atoms with Crippen molar-refractivity contribution in [3.8, 4) is 0 Å². The largest absolute Gasteiger partial charge is 0.312 e. The Morgan fingerprint density at radius 2 is 2.10 bits per heavy atom. The molecule has 1 fully saturated rings. The molecular weight excluding hydrogens is 252 g/mol. The van der Waals surface area contributed by atoms with Gasteiger partial charge in [0.25, 0.3) is 0 Å². The number of rotatable bonds is 3. The average molecular weight is 270 g/mol. The van der Waals surface area contributed by atoms with Crippen molar-refractivity contribution < 1.29 is 4.79 Å². The molecule has 104 valence electrons. The predicted octanol–water partition coefficient (Wildman–Crippen LogP) is 3.23.